The van der Waals surface area contributed by atoms with Crippen molar-refractivity contribution in [2.75, 3.05) is 5.75 Å². The topological polar surface area (TPSA) is 30.7 Å². The molecular weight excluding hydrogens is 290 g/mol. The summed E-state index contributed by atoms with van der Waals surface area (Å²) in [5, 5.41) is 9.28. The van der Waals surface area contributed by atoms with Gasteiger partial charge in [-0.05, 0) is 37.0 Å². The Balaban J connectivity index is 1.60. The minimum atomic E-state index is 0.961. The molecule has 0 bridgehead atoms. The van der Waals surface area contributed by atoms with Gasteiger partial charge in [-0.25, -0.2) is 0 Å². The third-order valence-corrected chi connectivity index (χ3v) is 4.60. The van der Waals surface area contributed by atoms with Crippen LogP contribution in [0.15, 0.2) is 66.1 Å². The van der Waals surface area contributed by atoms with Gasteiger partial charge < -0.3 is 0 Å². The fraction of sp³-hybridized carbons (Fsp3) is 0.222. The number of thioether (sulfide) groups is 1. The molecule has 3 nitrogen and oxygen atoms in total. The largest absolute Gasteiger partial charge is 0.276 e. The molecule has 0 saturated carbocycles. The standard InChI is InChI=1S/C18H19N3S/c1-15-8-5-6-12-17(15)21-14-19-20-18(21)22-13-7-11-16-9-3-2-4-10-16/h2-6,8-10,12,14H,7,11,13H2,1H3. The first-order chi connectivity index (χ1) is 10.8. The van der Waals surface area contributed by atoms with E-state index in [1.807, 2.05) is 6.07 Å². The van der Waals surface area contributed by atoms with Crippen molar-refractivity contribution < 1.29 is 0 Å². The number of aryl methyl sites for hydroxylation is 2. The number of nitrogens with zero attached hydrogens (tertiary/aromatic N) is 3. The Labute approximate surface area is 135 Å². The summed E-state index contributed by atoms with van der Waals surface area (Å²) >= 11 is 1.77. The van der Waals surface area contributed by atoms with Crippen LogP contribution >= 0.6 is 11.8 Å². The number of para-hydroxylation sites is 1. The van der Waals surface area contributed by atoms with Crippen molar-refractivity contribution in [3.8, 4) is 5.69 Å². The summed E-state index contributed by atoms with van der Waals surface area (Å²) in [6.07, 6.45) is 4.03. The van der Waals surface area contributed by atoms with Crippen molar-refractivity contribution in [1.29, 1.82) is 0 Å². The molecule has 0 saturated heterocycles. The molecular formula is C18H19N3S. The second-order valence-electron chi connectivity index (χ2n) is 5.21. The summed E-state index contributed by atoms with van der Waals surface area (Å²) in [5.74, 6) is 1.04. The Kier molecular flexibility index (Phi) is 4.91. The third kappa shape index (κ3) is 3.57. The lowest BCUT2D eigenvalue weighted by Gasteiger charge is -2.09. The minimum Gasteiger partial charge on any atom is -0.276 e. The maximum atomic E-state index is 4.25. The molecule has 0 fully saturated rings. The molecule has 1 heterocycles. The van der Waals surface area contributed by atoms with Gasteiger partial charge >= 0.3 is 0 Å². The maximum Gasteiger partial charge on any atom is 0.195 e. The minimum absolute atomic E-state index is 0.961. The SMILES string of the molecule is Cc1ccccc1-n1cnnc1SCCCc1ccccc1. The molecule has 0 spiro atoms. The smallest absolute Gasteiger partial charge is 0.195 e. The zero-order valence-electron chi connectivity index (χ0n) is 12.6. The lowest BCUT2D eigenvalue weighted by atomic mass is 10.1. The quantitative estimate of drug-likeness (QED) is 0.502. The number of hydrogen-bond acceptors (Lipinski definition) is 3. The summed E-state index contributed by atoms with van der Waals surface area (Å²) in [6.45, 7) is 2.11. The molecule has 0 aliphatic rings. The summed E-state index contributed by atoms with van der Waals surface area (Å²) in [4.78, 5) is 0. The number of benzene rings is 2. The number of rotatable bonds is 6. The molecule has 1 aromatic heterocycles. The average Bonchev–Trinajstić information content (AvgIpc) is 3.01. The van der Waals surface area contributed by atoms with Crippen LogP contribution in [0.2, 0.25) is 0 Å². The fourth-order valence-corrected chi connectivity index (χ4v) is 3.27. The van der Waals surface area contributed by atoms with Crippen LogP contribution in [-0.4, -0.2) is 20.5 Å². The van der Waals surface area contributed by atoms with Gasteiger partial charge in [0.05, 0.1) is 5.69 Å². The van der Waals surface area contributed by atoms with Gasteiger partial charge in [0, 0.05) is 5.75 Å². The van der Waals surface area contributed by atoms with Gasteiger partial charge in [-0.15, -0.1) is 10.2 Å². The van der Waals surface area contributed by atoms with E-state index in [-0.39, 0.29) is 0 Å². The van der Waals surface area contributed by atoms with E-state index in [9.17, 15) is 0 Å². The molecule has 112 valence electrons. The summed E-state index contributed by atoms with van der Waals surface area (Å²) < 4.78 is 2.07. The van der Waals surface area contributed by atoms with Crippen LogP contribution in [0.4, 0.5) is 0 Å². The molecule has 0 atom stereocenters. The zero-order valence-corrected chi connectivity index (χ0v) is 13.5. The maximum absolute atomic E-state index is 4.25. The average molecular weight is 309 g/mol. The van der Waals surface area contributed by atoms with Crippen molar-refractivity contribution in [2.24, 2.45) is 0 Å². The predicted molar refractivity (Wildman–Crippen MR) is 91.6 cm³/mol. The second kappa shape index (κ2) is 7.27. The molecule has 3 aromatic rings. The zero-order chi connectivity index (χ0) is 15.2. The first-order valence-corrected chi connectivity index (χ1v) is 8.46. The predicted octanol–water partition coefficient (Wildman–Crippen LogP) is 4.30. The van der Waals surface area contributed by atoms with Crippen molar-refractivity contribution in [1.82, 2.24) is 14.8 Å². The van der Waals surface area contributed by atoms with Crippen molar-refractivity contribution >= 4 is 11.8 Å². The van der Waals surface area contributed by atoms with E-state index in [4.69, 9.17) is 0 Å². The lowest BCUT2D eigenvalue weighted by Crippen LogP contribution is -1.98. The Morgan fingerprint density at radius 2 is 1.77 bits per heavy atom. The van der Waals surface area contributed by atoms with E-state index in [0.29, 0.717) is 0 Å². The van der Waals surface area contributed by atoms with Gasteiger partial charge in [-0.2, -0.15) is 0 Å². The van der Waals surface area contributed by atoms with E-state index in [2.05, 4.69) is 70.2 Å². The molecule has 0 aliphatic carbocycles. The van der Waals surface area contributed by atoms with Crippen molar-refractivity contribution in [3.63, 3.8) is 0 Å². The highest BCUT2D eigenvalue weighted by molar-refractivity contribution is 7.99. The van der Waals surface area contributed by atoms with E-state index in [1.54, 1.807) is 18.1 Å². The second-order valence-corrected chi connectivity index (χ2v) is 6.27. The first kappa shape index (κ1) is 14.9. The van der Waals surface area contributed by atoms with E-state index >= 15 is 0 Å². The van der Waals surface area contributed by atoms with Crippen LogP contribution in [0.1, 0.15) is 17.5 Å². The van der Waals surface area contributed by atoms with E-state index < -0.39 is 0 Å². The molecule has 0 aliphatic heterocycles. The van der Waals surface area contributed by atoms with Crippen molar-refractivity contribution in [2.45, 2.75) is 24.9 Å². The summed E-state index contributed by atoms with van der Waals surface area (Å²) in [7, 11) is 0. The van der Waals surface area contributed by atoms with Gasteiger partial charge in [-0.1, -0.05) is 60.3 Å². The molecule has 0 amide bonds. The number of hydrogen-bond donors (Lipinski definition) is 0. The van der Waals surface area contributed by atoms with Gasteiger partial charge in [0.1, 0.15) is 6.33 Å². The monoisotopic (exact) mass is 309 g/mol. The normalized spacial score (nSPS) is 10.8. The summed E-state index contributed by atoms with van der Waals surface area (Å²) in [6, 6.07) is 18.9. The number of aromatic nitrogens is 3. The Hall–Kier alpha value is -2.07. The Morgan fingerprint density at radius 1 is 1.00 bits per heavy atom. The highest BCUT2D eigenvalue weighted by atomic mass is 32.2. The molecule has 0 N–H and O–H groups in total. The van der Waals surface area contributed by atoms with Gasteiger partial charge in [0.15, 0.2) is 5.16 Å². The van der Waals surface area contributed by atoms with Crippen molar-refractivity contribution in [3.05, 3.63) is 72.1 Å². The van der Waals surface area contributed by atoms with Gasteiger partial charge in [0.25, 0.3) is 0 Å². The van der Waals surface area contributed by atoms with Crippen LogP contribution < -0.4 is 0 Å². The van der Waals surface area contributed by atoms with Crippen LogP contribution in [0.3, 0.4) is 0 Å². The molecule has 0 radical (unpaired) electrons. The van der Waals surface area contributed by atoms with Crippen LogP contribution in [0.5, 0.6) is 0 Å². The lowest BCUT2D eigenvalue weighted by molar-refractivity contribution is 0.869. The van der Waals surface area contributed by atoms with Crippen LogP contribution in [-0.2, 0) is 6.42 Å². The third-order valence-electron chi connectivity index (χ3n) is 3.58. The first-order valence-electron chi connectivity index (χ1n) is 7.47. The molecule has 3 rings (SSSR count). The van der Waals surface area contributed by atoms with E-state index in [0.717, 1.165) is 29.4 Å². The molecule has 2 aromatic carbocycles. The van der Waals surface area contributed by atoms with Gasteiger partial charge in [-0.3, -0.25) is 4.57 Å². The highest BCUT2D eigenvalue weighted by Gasteiger charge is 2.08. The highest BCUT2D eigenvalue weighted by Crippen LogP contribution is 2.22. The molecule has 4 heteroatoms. The fourth-order valence-electron chi connectivity index (χ4n) is 2.41. The van der Waals surface area contributed by atoms with E-state index in [1.165, 1.54) is 11.1 Å². The Morgan fingerprint density at radius 3 is 2.59 bits per heavy atom. The van der Waals surface area contributed by atoms with Crippen LogP contribution in [0.25, 0.3) is 5.69 Å². The summed E-state index contributed by atoms with van der Waals surface area (Å²) in [5.41, 5.74) is 3.77. The Bertz CT molecular complexity index is 722. The molecule has 22 heavy (non-hydrogen) atoms. The van der Waals surface area contributed by atoms with Gasteiger partial charge in [0.2, 0.25) is 0 Å². The molecule has 0 unspecified atom stereocenters. The van der Waals surface area contributed by atoms with Crippen LogP contribution in [0, 0.1) is 6.92 Å².